The first-order chi connectivity index (χ1) is 15.8. The van der Waals surface area contributed by atoms with E-state index >= 15 is 0 Å². The minimum atomic E-state index is -0.878. The number of rotatable bonds is 6. The maximum Gasteiger partial charge on any atom is 0.313 e. The van der Waals surface area contributed by atoms with Gasteiger partial charge in [0.15, 0.2) is 5.82 Å². The van der Waals surface area contributed by atoms with E-state index in [1.165, 1.54) is 41.7 Å². The molecule has 0 saturated heterocycles. The van der Waals surface area contributed by atoms with Gasteiger partial charge in [-0.1, -0.05) is 12.1 Å². The van der Waals surface area contributed by atoms with E-state index in [-0.39, 0.29) is 18.0 Å². The van der Waals surface area contributed by atoms with Gasteiger partial charge in [-0.2, -0.15) is 4.98 Å². The Morgan fingerprint density at radius 3 is 2.76 bits per heavy atom. The number of fused-ring (bicyclic) bond motifs is 1. The van der Waals surface area contributed by atoms with Gasteiger partial charge in [-0.3, -0.25) is 19.7 Å². The number of carbonyl (C=O) groups excluding carboxylic acids is 2. The van der Waals surface area contributed by atoms with Crippen molar-refractivity contribution in [2.45, 2.75) is 13.3 Å². The number of carbonyl (C=O) groups is 2. The highest BCUT2D eigenvalue weighted by Crippen LogP contribution is 2.22. The van der Waals surface area contributed by atoms with Crippen molar-refractivity contribution in [1.29, 1.82) is 0 Å². The molecule has 2 aromatic carbocycles. The number of halogens is 1. The average Bonchev–Trinajstić information content (AvgIpc) is 3.36. The predicted molar refractivity (Wildman–Crippen MR) is 119 cm³/mol. The molecule has 0 aliphatic rings. The van der Waals surface area contributed by atoms with Crippen LogP contribution in [-0.4, -0.2) is 37.9 Å². The number of non-ortho nitro benzene ring substituents is 1. The van der Waals surface area contributed by atoms with Crippen LogP contribution in [0.15, 0.2) is 47.8 Å². The van der Waals surface area contributed by atoms with Crippen LogP contribution in [0.1, 0.15) is 11.3 Å². The lowest BCUT2D eigenvalue weighted by Crippen LogP contribution is -2.36. The van der Waals surface area contributed by atoms with Crippen molar-refractivity contribution in [3.8, 4) is 11.4 Å². The van der Waals surface area contributed by atoms with Gasteiger partial charge in [0.25, 0.3) is 5.69 Å². The Bertz CT molecular complexity index is 1380. The Morgan fingerprint density at radius 1 is 1.21 bits per heavy atom. The van der Waals surface area contributed by atoms with Crippen LogP contribution in [0.3, 0.4) is 0 Å². The second-order valence-corrected chi connectivity index (χ2v) is 7.92. The van der Waals surface area contributed by atoms with Gasteiger partial charge in [-0.05, 0) is 30.7 Å². The van der Waals surface area contributed by atoms with Crippen LogP contribution in [-0.2, 0) is 16.0 Å². The molecule has 2 N–H and O–H groups in total. The molecule has 33 heavy (non-hydrogen) atoms. The molecule has 0 aliphatic carbocycles. The van der Waals surface area contributed by atoms with Crippen molar-refractivity contribution in [2.75, 3.05) is 11.9 Å². The second kappa shape index (κ2) is 9.12. The fourth-order valence-electron chi connectivity index (χ4n) is 3.11. The number of nitrogens with zero attached hydrogens (tertiary/aromatic N) is 4. The van der Waals surface area contributed by atoms with Gasteiger partial charge in [-0.15, -0.1) is 16.4 Å². The summed E-state index contributed by atoms with van der Waals surface area (Å²) in [6, 6.07) is 9.93. The van der Waals surface area contributed by atoms with Crippen molar-refractivity contribution in [3.63, 3.8) is 0 Å². The summed E-state index contributed by atoms with van der Waals surface area (Å²) in [6.07, 6.45) is 0.390. The number of anilines is 1. The Kier molecular flexibility index (Phi) is 6.09. The van der Waals surface area contributed by atoms with Gasteiger partial charge in [-0.25, -0.2) is 8.91 Å². The van der Waals surface area contributed by atoms with E-state index in [9.17, 15) is 24.1 Å². The maximum absolute atomic E-state index is 13.5. The second-order valence-electron chi connectivity index (χ2n) is 7.08. The molecule has 10 nitrogen and oxygen atoms in total. The average molecular weight is 468 g/mol. The van der Waals surface area contributed by atoms with Crippen molar-refractivity contribution >= 4 is 39.5 Å². The molecule has 2 heterocycles. The van der Waals surface area contributed by atoms with Gasteiger partial charge in [0, 0.05) is 41.7 Å². The molecule has 2 amide bonds. The summed E-state index contributed by atoms with van der Waals surface area (Å²) in [5, 5.41) is 22.0. The fourth-order valence-corrected chi connectivity index (χ4v) is 3.97. The van der Waals surface area contributed by atoms with E-state index in [1.807, 2.05) is 5.38 Å². The Hall–Kier alpha value is -4.19. The number of hydrogen-bond acceptors (Lipinski definition) is 7. The van der Waals surface area contributed by atoms with Gasteiger partial charge in [0.2, 0.25) is 4.96 Å². The first-order valence-electron chi connectivity index (χ1n) is 9.75. The first-order valence-corrected chi connectivity index (χ1v) is 10.6. The number of amides is 2. The largest absolute Gasteiger partial charge is 0.347 e. The van der Waals surface area contributed by atoms with Crippen LogP contribution in [0, 0.1) is 22.9 Å². The highest BCUT2D eigenvalue weighted by Gasteiger charge is 2.17. The molecule has 0 atom stereocenters. The zero-order valence-corrected chi connectivity index (χ0v) is 18.1. The third-order valence-electron chi connectivity index (χ3n) is 4.77. The number of aromatic nitrogens is 3. The van der Waals surface area contributed by atoms with Crippen LogP contribution >= 0.6 is 11.3 Å². The predicted octanol–water partition coefficient (Wildman–Crippen LogP) is 3.11. The van der Waals surface area contributed by atoms with E-state index in [1.54, 1.807) is 23.6 Å². The lowest BCUT2D eigenvalue weighted by atomic mass is 10.2. The van der Waals surface area contributed by atoms with E-state index in [4.69, 9.17) is 0 Å². The van der Waals surface area contributed by atoms with Gasteiger partial charge in [0.1, 0.15) is 5.82 Å². The van der Waals surface area contributed by atoms with Gasteiger partial charge < -0.3 is 10.6 Å². The zero-order valence-electron chi connectivity index (χ0n) is 17.2. The van der Waals surface area contributed by atoms with Gasteiger partial charge >= 0.3 is 11.8 Å². The summed E-state index contributed by atoms with van der Waals surface area (Å²) in [5.41, 5.74) is 2.00. The van der Waals surface area contributed by atoms with Gasteiger partial charge in [0.05, 0.1) is 10.6 Å². The molecule has 0 fully saturated rings. The number of nitro benzene ring substituents is 1. The molecule has 0 radical (unpaired) electrons. The molecule has 168 valence electrons. The molecule has 0 aliphatic heterocycles. The van der Waals surface area contributed by atoms with Crippen LogP contribution in [0.2, 0.25) is 0 Å². The summed E-state index contributed by atoms with van der Waals surface area (Å²) < 4.78 is 15.1. The van der Waals surface area contributed by atoms with Crippen molar-refractivity contribution in [2.24, 2.45) is 0 Å². The molecule has 0 bridgehead atoms. The Morgan fingerprint density at radius 2 is 2.03 bits per heavy atom. The third-order valence-corrected chi connectivity index (χ3v) is 5.64. The van der Waals surface area contributed by atoms with Crippen molar-refractivity contribution in [3.05, 3.63) is 75.0 Å². The molecular formula is C21H17FN6O4S. The zero-order chi connectivity index (χ0) is 23.5. The molecule has 4 rings (SSSR count). The normalized spacial score (nSPS) is 10.8. The highest BCUT2D eigenvalue weighted by molar-refractivity contribution is 7.15. The van der Waals surface area contributed by atoms with Crippen LogP contribution < -0.4 is 10.6 Å². The monoisotopic (exact) mass is 468 g/mol. The topological polar surface area (TPSA) is 132 Å². The first kappa shape index (κ1) is 22.0. The highest BCUT2D eigenvalue weighted by atomic mass is 32.1. The number of nitrogens with one attached hydrogen (secondary N) is 2. The van der Waals surface area contributed by atoms with Crippen LogP contribution in [0.5, 0.6) is 0 Å². The molecule has 0 spiro atoms. The molecule has 4 aromatic rings. The van der Waals surface area contributed by atoms with E-state index in [0.717, 1.165) is 5.69 Å². The summed E-state index contributed by atoms with van der Waals surface area (Å²) in [4.78, 5) is 39.6. The smallest absolute Gasteiger partial charge is 0.313 e. The van der Waals surface area contributed by atoms with Crippen molar-refractivity contribution in [1.82, 2.24) is 19.9 Å². The van der Waals surface area contributed by atoms with E-state index in [0.29, 0.717) is 34.0 Å². The minimum absolute atomic E-state index is 0.106. The lowest BCUT2D eigenvalue weighted by molar-refractivity contribution is -0.384. The van der Waals surface area contributed by atoms with Crippen LogP contribution in [0.25, 0.3) is 16.3 Å². The lowest BCUT2D eigenvalue weighted by Gasteiger charge is -2.08. The maximum atomic E-state index is 13.5. The van der Waals surface area contributed by atoms with E-state index in [2.05, 4.69) is 20.7 Å². The summed E-state index contributed by atoms with van der Waals surface area (Å²) in [5.74, 6) is -1.70. The van der Waals surface area contributed by atoms with Crippen LogP contribution in [0.4, 0.5) is 15.8 Å². The molecule has 12 heteroatoms. The number of hydrogen-bond donors (Lipinski definition) is 2. The minimum Gasteiger partial charge on any atom is -0.347 e. The van der Waals surface area contributed by atoms with Crippen molar-refractivity contribution < 1.29 is 18.9 Å². The number of aryl methyl sites for hydroxylation is 1. The molecular weight excluding hydrogens is 451 g/mol. The molecule has 0 saturated carbocycles. The Balaban J connectivity index is 1.35. The quantitative estimate of drug-likeness (QED) is 0.254. The summed E-state index contributed by atoms with van der Waals surface area (Å²) in [7, 11) is 0. The van der Waals surface area contributed by atoms with E-state index < -0.39 is 16.7 Å². The standard InChI is InChI=1S/C21H17FN6O4S/c1-12-9-15(28(31)32)5-6-17(12)24-20(30)19(29)23-8-7-16-11-33-21-25-18(26-27(16)21)13-3-2-4-14(22)10-13/h2-6,9-11H,7-8H2,1H3,(H,23,29)(H,24,30). The number of nitro groups is 1. The fraction of sp³-hybridized carbons (Fsp3) is 0.143. The molecule has 0 unspecified atom stereocenters. The molecule has 2 aromatic heterocycles. The Labute approximate surface area is 190 Å². The third kappa shape index (κ3) is 4.85. The summed E-state index contributed by atoms with van der Waals surface area (Å²) in [6.45, 7) is 1.77. The SMILES string of the molecule is Cc1cc([N+](=O)[O-])ccc1NC(=O)C(=O)NCCc1csc2nc(-c3cccc(F)c3)nn12. The number of thiazole rings is 1. The summed E-state index contributed by atoms with van der Waals surface area (Å²) >= 11 is 1.36. The number of benzene rings is 2.